The molecule has 0 aromatic heterocycles. The van der Waals surface area contributed by atoms with Gasteiger partial charge in [0.15, 0.2) is 0 Å². The van der Waals surface area contributed by atoms with E-state index in [-0.39, 0.29) is 30.2 Å². The van der Waals surface area contributed by atoms with E-state index >= 15 is 0 Å². The molecule has 5 rings (SSSR count). The summed E-state index contributed by atoms with van der Waals surface area (Å²) in [7, 11) is 0. The first-order valence-corrected chi connectivity index (χ1v) is 10.6. The normalized spacial score (nSPS) is 23.2. The van der Waals surface area contributed by atoms with Gasteiger partial charge in [-0.25, -0.2) is 4.39 Å². The molecule has 0 spiro atoms. The number of benzene rings is 2. The summed E-state index contributed by atoms with van der Waals surface area (Å²) in [6.07, 6.45) is -2.25. The third-order valence-corrected chi connectivity index (χ3v) is 6.49. The summed E-state index contributed by atoms with van der Waals surface area (Å²) in [5.74, 6) is -0.850. The van der Waals surface area contributed by atoms with Crippen LogP contribution in [0.2, 0.25) is 0 Å². The highest BCUT2D eigenvalue weighted by Crippen LogP contribution is 2.40. The van der Waals surface area contributed by atoms with Crippen LogP contribution in [0, 0.1) is 11.7 Å². The minimum atomic E-state index is -4.42. The second-order valence-electron chi connectivity index (χ2n) is 8.62. The Kier molecular flexibility index (Phi) is 4.83. The molecule has 4 nitrogen and oxygen atoms in total. The predicted molar refractivity (Wildman–Crippen MR) is 110 cm³/mol. The van der Waals surface area contributed by atoms with Gasteiger partial charge in [0, 0.05) is 37.1 Å². The molecular formula is C23H23F4N3O. The van der Waals surface area contributed by atoms with Crippen molar-refractivity contribution in [1.29, 1.82) is 0 Å². The second kappa shape index (κ2) is 7.43. The molecule has 8 heteroatoms. The number of halogens is 4. The molecule has 0 bridgehead atoms. The molecule has 2 heterocycles. The molecule has 2 fully saturated rings. The highest BCUT2D eigenvalue weighted by Gasteiger charge is 2.43. The van der Waals surface area contributed by atoms with Crippen molar-refractivity contribution in [1.82, 2.24) is 5.32 Å². The number of nitrogens with zero attached hydrogens (tertiary/aromatic N) is 2. The lowest BCUT2D eigenvalue weighted by atomic mass is 9.82. The maximum absolute atomic E-state index is 13.3. The monoisotopic (exact) mass is 433 g/mol. The van der Waals surface area contributed by atoms with Gasteiger partial charge in [-0.05, 0) is 67.3 Å². The van der Waals surface area contributed by atoms with Gasteiger partial charge in [-0.3, -0.25) is 4.79 Å². The highest BCUT2D eigenvalue weighted by molar-refractivity contribution is 5.83. The van der Waals surface area contributed by atoms with Gasteiger partial charge in [0.25, 0.3) is 0 Å². The Bertz CT molecular complexity index is 987. The number of rotatable bonds is 3. The van der Waals surface area contributed by atoms with E-state index < -0.39 is 17.7 Å². The first-order chi connectivity index (χ1) is 14.8. The van der Waals surface area contributed by atoms with Gasteiger partial charge >= 0.3 is 6.18 Å². The lowest BCUT2D eigenvalue weighted by molar-refractivity contribution is -0.137. The zero-order chi connectivity index (χ0) is 21.8. The number of carbonyl (C=O) groups excluding carboxylic acids is 1. The van der Waals surface area contributed by atoms with Crippen LogP contribution in [0.1, 0.15) is 24.0 Å². The SMILES string of the molecule is O=C(NC1CC1)C1Cc2cc(C(F)(F)F)ccc2N2CCN(c3ccc(F)cc3)CC12. The summed E-state index contributed by atoms with van der Waals surface area (Å²) in [5.41, 5.74) is 1.53. The van der Waals surface area contributed by atoms with Crippen molar-refractivity contribution in [3.05, 3.63) is 59.4 Å². The number of anilines is 2. The highest BCUT2D eigenvalue weighted by atomic mass is 19.4. The Morgan fingerprint density at radius 1 is 1.03 bits per heavy atom. The van der Waals surface area contributed by atoms with Crippen molar-refractivity contribution >= 4 is 17.3 Å². The van der Waals surface area contributed by atoms with Crippen molar-refractivity contribution < 1.29 is 22.4 Å². The van der Waals surface area contributed by atoms with Gasteiger partial charge in [0.2, 0.25) is 5.91 Å². The molecule has 2 aromatic carbocycles. The number of alkyl halides is 3. The standard InChI is InChI=1S/C23H23F4N3O/c24-16-2-6-18(7-3-16)29-9-10-30-20-8-1-15(23(25,26)27)11-14(20)12-19(21(30)13-29)22(31)28-17-4-5-17/h1-3,6-8,11,17,19,21H,4-5,9-10,12-13H2,(H,28,31). The Morgan fingerprint density at radius 3 is 2.45 bits per heavy atom. The largest absolute Gasteiger partial charge is 0.416 e. The molecule has 2 unspecified atom stereocenters. The number of carbonyl (C=O) groups is 1. The third-order valence-electron chi connectivity index (χ3n) is 6.49. The Hall–Kier alpha value is -2.77. The number of nitrogens with one attached hydrogen (secondary N) is 1. The number of hydrogen-bond donors (Lipinski definition) is 1. The summed E-state index contributed by atoms with van der Waals surface area (Å²) >= 11 is 0. The molecule has 1 N–H and O–H groups in total. The number of hydrogen-bond acceptors (Lipinski definition) is 3. The van der Waals surface area contributed by atoms with Crippen LogP contribution in [-0.2, 0) is 17.4 Å². The molecule has 1 amide bonds. The average molecular weight is 433 g/mol. The number of amides is 1. The van der Waals surface area contributed by atoms with E-state index in [1.165, 1.54) is 24.3 Å². The van der Waals surface area contributed by atoms with E-state index in [4.69, 9.17) is 0 Å². The second-order valence-corrected chi connectivity index (χ2v) is 8.62. The Labute approximate surface area is 177 Å². The molecule has 2 aliphatic heterocycles. The van der Waals surface area contributed by atoms with Crippen LogP contribution in [0.3, 0.4) is 0 Å². The molecule has 3 aliphatic rings. The number of fused-ring (bicyclic) bond motifs is 3. The van der Waals surface area contributed by atoms with Gasteiger partial charge in [-0.15, -0.1) is 0 Å². The van der Waals surface area contributed by atoms with Crippen LogP contribution in [0.25, 0.3) is 0 Å². The molecule has 164 valence electrons. The Morgan fingerprint density at radius 2 is 1.77 bits per heavy atom. The van der Waals surface area contributed by atoms with Crippen LogP contribution in [0.4, 0.5) is 28.9 Å². The molecule has 0 radical (unpaired) electrons. The van der Waals surface area contributed by atoms with Crippen LogP contribution in [0.15, 0.2) is 42.5 Å². The molecule has 31 heavy (non-hydrogen) atoms. The van der Waals surface area contributed by atoms with Crippen LogP contribution in [0.5, 0.6) is 0 Å². The van der Waals surface area contributed by atoms with Crippen molar-refractivity contribution in [3.8, 4) is 0 Å². The average Bonchev–Trinajstić information content (AvgIpc) is 3.56. The smallest absolute Gasteiger partial charge is 0.368 e. The minimum absolute atomic E-state index is 0.0958. The fourth-order valence-corrected chi connectivity index (χ4v) is 4.72. The first kappa shape index (κ1) is 20.2. The first-order valence-electron chi connectivity index (χ1n) is 10.6. The summed E-state index contributed by atoms with van der Waals surface area (Å²) in [6.45, 7) is 1.77. The molecule has 1 aliphatic carbocycles. The lowest BCUT2D eigenvalue weighted by Crippen LogP contribution is -2.61. The van der Waals surface area contributed by atoms with E-state index in [1.807, 2.05) is 0 Å². The van der Waals surface area contributed by atoms with E-state index in [0.717, 1.165) is 30.3 Å². The van der Waals surface area contributed by atoms with Crippen molar-refractivity contribution in [3.63, 3.8) is 0 Å². The van der Waals surface area contributed by atoms with E-state index in [9.17, 15) is 22.4 Å². The van der Waals surface area contributed by atoms with Gasteiger partial charge in [-0.1, -0.05) is 0 Å². The molecule has 1 saturated heterocycles. The molecule has 2 aromatic rings. The zero-order valence-corrected chi connectivity index (χ0v) is 16.8. The van der Waals surface area contributed by atoms with Gasteiger partial charge < -0.3 is 15.1 Å². The fourth-order valence-electron chi connectivity index (χ4n) is 4.72. The summed E-state index contributed by atoms with van der Waals surface area (Å²) in [4.78, 5) is 17.3. The minimum Gasteiger partial charge on any atom is -0.368 e. The van der Waals surface area contributed by atoms with Crippen molar-refractivity contribution in [2.45, 2.75) is 37.5 Å². The maximum atomic E-state index is 13.3. The van der Waals surface area contributed by atoms with Crippen molar-refractivity contribution in [2.24, 2.45) is 5.92 Å². The summed E-state index contributed by atoms with van der Waals surface area (Å²) < 4.78 is 53.1. The maximum Gasteiger partial charge on any atom is 0.416 e. The molecule has 2 atom stereocenters. The van der Waals surface area contributed by atoms with E-state index in [2.05, 4.69) is 15.1 Å². The summed E-state index contributed by atoms with van der Waals surface area (Å²) in [6, 6.07) is 10.1. The third kappa shape index (κ3) is 3.95. The van der Waals surface area contributed by atoms with Gasteiger partial charge in [0.1, 0.15) is 5.82 Å². The number of piperazine rings is 1. The topological polar surface area (TPSA) is 35.6 Å². The molecule has 1 saturated carbocycles. The Balaban J connectivity index is 1.47. The van der Waals surface area contributed by atoms with Gasteiger partial charge in [-0.2, -0.15) is 13.2 Å². The van der Waals surface area contributed by atoms with E-state index in [0.29, 0.717) is 25.2 Å². The fraction of sp³-hybridized carbons (Fsp3) is 0.435. The zero-order valence-electron chi connectivity index (χ0n) is 16.8. The summed E-state index contributed by atoms with van der Waals surface area (Å²) in [5, 5.41) is 3.04. The molecular weight excluding hydrogens is 410 g/mol. The van der Waals surface area contributed by atoms with E-state index in [1.54, 1.807) is 12.1 Å². The van der Waals surface area contributed by atoms with Gasteiger partial charge in [0.05, 0.1) is 17.5 Å². The van der Waals surface area contributed by atoms with Crippen LogP contribution < -0.4 is 15.1 Å². The predicted octanol–water partition coefficient (Wildman–Crippen LogP) is 3.99. The lowest BCUT2D eigenvalue weighted by Gasteiger charge is -2.49. The van der Waals surface area contributed by atoms with Crippen molar-refractivity contribution in [2.75, 3.05) is 29.4 Å². The van der Waals surface area contributed by atoms with Crippen LogP contribution in [-0.4, -0.2) is 37.6 Å². The quantitative estimate of drug-likeness (QED) is 0.744. The van der Waals surface area contributed by atoms with Crippen LogP contribution >= 0.6 is 0 Å².